The van der Waals surface area contributed by atoms with Crippen LogP contribution >= 0.6 is 0 Å². The van der Waals surface area contributed by atoms with Crippen molar-refractivity contribution in [2.75, 3.05) is 36.4 Å². The summed E-state index contributed by atoms with van der Waals surface area (Å²) < 4.78 is 15.9. The van der Waals surface area contributed by atoms with Gasteiger partial charge in [0, 0.05) is 51.4 Å². The van der Waals surface area contributed by atoms with E-state index in [2.05, 4.69) is 49.6 Å². The van der Waals surface area contributed by atoms with E-state index in [1.165, 1.54) is 16.2 Å². The first kappa shape index (κ1) is 29.0. The lowest BCUT2D eigenvalue weighted by Crippen LogP contribution is -2.46. The Hall–Kier alpha value is -5.08. The SMILES string of the molecule is [C-]#[N+]c1ccc(N2CCN(Cc3ccc(CNc4cccc5nc(C)n(C6CCC(=O)NC6=O)c(=O)c45)cc3)CC2)c(F)c1. The Bertz CT molecular complexity index is 1840. The first-order valence-corrected chi connectivity index (χ1v) is 14.6. The number of benzene rings is 3. The summed E-state index contributed by atoms with van der Waals surface area (Å²) in [7, 11) is 0. The standard InChI is InChI=1S/C33H32FN7O3/c1-21-37-27-5-3-4-26(31(27)33(44)41(21)29-12-13-30(42)38-32(29)43)36-19-22-6-8-23(9-7-22)20-39-14-16-40(17-15-39)28-11-10-24(35-2)18-25(28)34/h3-11,18,29,36H,12-17,19-20H2,1H3,(H,38,42,43). The number of anilines is 2. The van der Waals surface area contributed by atoms with Crippen LogP contribution in [0.15, 0.2) is 65.5 Å². The highest BCUT2D eigenvalue weighted by Gasteiger charge is 2.31. The van der Waals surface area contributed by atoms with Crippen LogP contribution in [0.2, 0.25) is 0 Å². The number of carbonyl (C=O) groups is 2. The van der Waals surface area contributed by atoms with Crippen molar-refractivity contribution in [2.24, 2.45) is 0 Å². The Morgan fingerprint density at radius 3 is 2.48 bits per heavy atom. The molecule has 44 heavy (non-hydrogen) atoms. The van der Waals surface area contributed by atoms with Gasteiger partial charge in [-0.15, -0.1) is 0 Å². The van der Waals surface area contributed by atoms with E-state index in [1.54, 1.807) is 25.1 Å². The molecule has 10 nitrogen and oxygen atoms in total. The number of nitrogens with one attached hydrogen (secondary N) is 2. The molecule has 6 rings (SSSR count). The lowest BCUT2D eigenvalue weighted by molar-refractivity contribution is -0.135. The maximum Gasteiger partial charge on any atom is 0.264 e. The van der Waals surface area contributed by atoms with Gasteiger partial charge >= 0.3 is 0 Å². The average molecular weight is 594 g/mol. The summed E-state index contributed by atoms with van der Waals surface area (Å²) in [5.74, 6) is -0.750. The summed E-state index contributed by atoms with van der Waals surface area (Å²) >= 11 is 0. The molecule has 224 valence electrons. The number of piperazine rings is 1. The number of carbonyl (C=O) groups excluding carboxylic acids is 2. The fourth-order valence-electron chi connectivity index (χ4n) is 5.98. The maximum atomic E-state index is 14.5. The molecular weight excluding hydrogens is 561 g/mol. The zero-order chi connectivity index (χ0) is 30.8. The van der Waals surface area contributed by atoms with Crippen LogP contribution in [-0.2, 0) is 22.7 Å². The number of aryl methyl sites for hydroxylation is 1. The molecule has 2 aliphatic rings. The summed E-state index contributed by atoms with van der Waals surface area (Å²) in [6.07, 6.45) is 0.429. The van der Waals surface area contributed by atoms with Crippen LogP contribution in [0.1, 0.15) is 35.8 Å². The lowest BCUT2D eigenvalue weighted by atomic mass is 10.1. The van der Waals surface area contributed by atoms with Gasteiger partial charge in [-0.2, -0.15) is 0 Å². The van der Waals surface area contributed by atoms with Crippen LogP contribution in [0.4, 0.5) is 21.5 Å². The van der Waals surface area contributed by atoms with Crippen LogP contribution in [0.25, 0.3) is 15.7 Å². The van der Waals surface area contributed by atoms with Crippen LogP contribution in [-0.4, -0.2) is 52.4 Å². The van der Waals surface area contributed by atoms with Crippen molar-refractivity contribution in [1.29, 1.82) is 0 Å². The Morgan fingerprint density at radius 1 is 1.02 bits per heavy atom. The molecule has 2 aliphatic heterocycles. The molecule has 11 heteroatoms. The summed E-state index contributed by atoms with van der Waals surface area (Å²) in [6, 6.07) is 17.6. The number of hydrogen-bond acceptors (Lipinski definition) is 7. The van der Waals surface area contributed by atoms with Gasteiger partial charge in [0.1, 0.15) is 17.7 Å². The Balaban J connectivity index is 1.10. The predicted molar refractivity (Wildman–Crippen MR) is 166 cm³/mol. The Labute approximate surface area is 253 Å². The Kier molecular flexibility index (Phi) is 8.09. The fraction of sp³-hybridized carbons (Fsp3) is 0.303. The number of imide groups is 1. The molecule has 0 aliphatic carbocycles. The monoisotopic (exact) mass is 593 g/mol. The summed E-state index contributed by atoms with van der Waals surface area (Å²) in [5, 5.41) is 6.11. The van der Waals surface area contributed by atoms with E-state index >= 15 is 0 Å². The van der Waals surface area contributed by atoms with Gasteiger partial charge in [-0.25, -0.2) is 14.2 Å². The number of halogens is 1. The van der Waals surface area contributed by atoms with Crippen molar-refractivity contribution >= 4 is 39.8 Å². The first-order chi connectivity index (χ1) is 21.3. The van der Waals surface area contributed by atoms with Crippen molar-refractivity contribution in [3.8, 4) is 0 Å². The maximum absolute atomic E-state index is 14.5. The molecule has 0 spiro atoms. The summed E-state index contributed by atoms with van der Waals surface area (Å²) in [6.45, 7) is 13.1. The van der Waals surface area contributed by atoms with E-state index in [0.717, 1.165) is 25.2 Å². The van der Waals surface area contributed by atoms with Crippen LogP contribution in [0.3, 0.4) is 0 Å². The van der Waals surface area contributed by atoms with Crippen LogP contribution in [0, 0.1) is 19.3 Å². The van der Waals surface area contributed by atoms with Gasteiger partial charge in [-0.05, 0) is 48.7 Å². The van der Waals surface area contributed by atoms with Crippen LogP contribution in [0.5, 0.6) is 0 Å². The fourth-order valence-corrected chi connectivity index (χ4v) is 5.98. The first-order valence-electron chi connectivity index (χ1n) is 14.6. The molecule has 0 saturated carbocycles. The number of aromatic nitrogens is 2. The van der Waals surface area contributed by atoms with E-state index in [9.17, 15) is 18.8 Å². The highest BCUT2D eigenvalue weighted by atomic mass is 19.1. The Morgan fingerprint density at radius 2 is 1.77 bits per heavy atom. The molecule has 1 unspecified atom stereocenters. The molecule has 1 aromatic heterocycles. The van der Waals surface area contributed by atoms with Gasteiger partial charge in [0.15, 0.2) is 5.69 Å². The predicted octanol–water partition coefficient (Wildman–Crippen LogP) is 4.31. The number of piperidine rings is 1. The van der Waals surface area contributed by atoms with E-state index in [0.29, 0.717) is 53.4 Å². The number of fused-ring (bicyclic) bond motifs is 1. The minimum absolute atomic E-state index is 0.172. The van der Waals surface area contributed by atoms with Crippen molar-refractivity contribution in [3.63, 3.8) is 0 Å². The summed E-state index contributed by atoms with van der Waals surface area (Å²) in [5.41, 5.74) is 3.92. The minimum Gasteiger partial charge on any atom is -0.380 e. The second-order valence-electron chi connectivity index (χ2n) is 11.2. The van der Waals surface area contributed by atoms with E-state index < -0.39 is 11.9 Å². The quantitative estimate of drug-likeness (QED) is 0.243. The second-order valence-corrected chi connectivity index (χ2v) is 11.2. The zero-order valence-electron chi connectivity index (χ0n) is 24.3. The third kappa shape index (κ3) is 5.89. The highest BCUT2D eigenvalue weighted by molar-refractivity contribution is 5.99. The molecule has 2 fully saturated rings. The molecule has 1 atom stereocenters. The molecule has 0 bridgehead atoms. The third-order valence-corrected chi connectivity index (χ3v) is 8.31. The molecule has 2 N–H and O–H groups in total. The zero-order valence-corrected chi connectivity index (χ0v) is 24.3. The van der Waals surface area contributed by atoms with Gasteiger partial charge in [-0.3, -0.25) is 29.2 Å². The van der Waals surface area contributed by atoms with E-state index in [1.807, 2.05) is 17.0 Å². The molecule has 2 saturated heterocycles. The van der Waals surface area contributed by atoms with Gasteiger partial charge < -0.3 is 10.2 Å². The highest BCUT2D eigenvalue weighted by Crippen LogP contribution is 2.26. The van der Waals surface area contributed by atoms with E-state index in [4.69, 9.17) is 6.57 Å². The van der Waals surface area contributed by atoms with Gasteiger partial charge in [-0.1, -0.05) is 36.4 Å². The second kappa shape index (κ2) is 12.3. The smallest absolute Gasteiger partial charge is 0.264 e. The number of nitrogens with zero attached hydrogens (tertiary/aromatic N) is 5. The number of amides is 2. The van der Waals surface area contributed by atoms with Gasteiger partial charge in [0.05, 0.1) is 23.2 Å². The molecule has 4 aromatic rings. The van der Waals surface area contributed by atoms with Gasteiger partial charge in [0.25, 0.3) is 5.56 Å². The minimum atomic E-state index is -0.779. The summed E-state index contributed by atoms with van der Waals surface area (Å²) in [4.78, 5) is 50.1. The van der Waals surface area contributed by atoms with Gasteiger partial charge in [0.2, 0.25) is 11.8 Å². The lowest BCUT2D eigenvalue weighted by Gasteiger charge is -2.36. The number of rotatable bonds is 7. The third-order valence-electron chi connectivity index (χ3n) is 8.31. The van der Waals surface area contributed by atoms with Crippen molar-refractivity contribution in [2.45, 2.75) is 38.9 Å². The number of hydrogen-bond donors (Lipinski definition) is 2. The van der Waals surface area contributed by atoms with Crippen molar-refractivity contribution in [3.05, 3.63) is 105 Å². The molecular formula is C33H32FN7O3. The molecule has 3 heterocycles. The molecule has 2 amide bonds. The van der Waals surface area contributed by atoms with Crippen LogP contribution < -0.4 is 21.1 Å². The molecule has 3 aromatic carbocycles. The average Bonchev–Trinajstić information content (AvgIpc) is 3.02. The normalized spacial score (nSPS) is 17.4. The van der Waals surface area contributed by atoms with E-state index in [-0.39, 0.29) is 30.1 Å². The molecule has 0 radical (unpaired) electrons. The topological polar surface area (TPSA) is 104 Å². The van der Waals surface area contributed by atoms with Crippen molar-refractivity contribution in [1.82, 2.24) is 19.8 Å². The van der Waals surface area contributed by atoms with Crippen molar-refractivity contribution < 1.29 is 14.0 Å². The largest absolute Gasteiger partial charge is 0.380 e.